The van der Waals surface area contributed by atoms with Gasteiger partial charge in [-0.25, -0.2) is 9.59 Å². The van der Waals surface area contributed by atoms with Crippen LogP contribution in [0.15, 0.2) is 48.5 Å². The van der Waals surface area contributed by atoms with Crippen LogP contribution < -0.4 is 4.74 Å². The lowest BCUT2D eigenvalue weighted by atomic mass is 10.1. The van der Waals surface area contributed by atoms with E-state index in [1.807, 2.05) is 26.0 Å². The van der Waals surface area contributed by atoms with E-state index in [9.17, 15) is 9.59 Å². The molecule has 0 bridgehead atoms. The van der Waals surface area contributed by atoms with Gasteiger partial charge in [0.2, 0.25) is 0 Å². The fraction of sp³-hybridized carbons (Fsp3) is 0.222. The van der Waals surface area contributed by atoms with Crippen molar-refractivity contribution in [3.8, 4) is 5.75 Å². The van der Waals surface area contributed by atoms with E-state index in [0.717, 1.165) is 12.0 Å². The summed E-state index contributed by atoms with van der Waals surface area (Å²) in [4.78, 5) is 24.0. The Hall–Kier alpha value is -2.62. The predicted octanol–water partition coefficient (Wildman–Crippen LogP) is 3.78. The van der Waals surface area contributed by atoms with Gasteiger partial charge in [-0.15, -0.1) is 0 Å². The molecule has 2 aromatic carbocycles. The number of carbonyl (C=O) groups excluding carboxylic acids is 2. The maximum atomic E-state index is 12.2. The molecule has 0 atom stereocenters. The highest BCUT2D eigenvalue weighted by Crippen LogP contribution is 2.18. The third-order valence-corrected chi connectivity index (χ3v) is 3.07. The van der Waals surface area contributed by atoms with E-state index >= 15 is 0 Å². The van der Waals surface area contributed by atoms with Crippen LogP contribution in [0.4, 0.5) is 0 Å². The first-order chi connectivity index (χ1) is 10.6. The molecule has 4 heteroatoms. The average Bonchev–Trinajstić information content (AvgIpc) is 2.54. The van der Waals surface area contributed by atoms with Crippen LogP contribution in [0.3, 0.4) is 0 Å². The van der Waals surface area contributed by atoms with Gasteiger partial charge >= 0.3 is 11.9 Å². The quantitative estimate of drug-likeness (QED) is 0.622. The van der Waals surface area contributed by atoms with Crippen LogP contribution in [0.1, 0.15) is 39.6 Å². The molecule has 0 spiro atoms. The van der Waals surface area contributed by atoms with Crippen LogP contribution in [0.5, 0.6) is 5.75 Å². The van der Waals surface area contributed by atoms with Gasteiger partial charge in [-0.3, -0.25) is 0 Å². The van der Waals surface area contributed by atoms with Crippen molar-refractivity contribution in [2.75, 3.05) is 6.61 Å². The summed E-state index contributed by atoms with van der Waals surface area (Å²) in [7, 11) is 0. The Morgan fingerprint density at radius 2 is 1.64 bits per heavy atom. The number of ether oxygens (including phenoxy) is 2. The number of hydrogen-bond acceptors (Lipinski definition) is 4. The Kier molecular flexibility index (Phi) is 5.31. The minimum absolute atomic E-state index is 0.314. The molecule has 0 amide bonds. The number of para-hydroxylation sites is 1. The van der Waals surface area contributed by atoms with Crippen LogP contribution >= 0.6 is 0 Å². The number of aryl methyl sites for hydroxylation is 1. The summed E-state index contributed by atoms with van der Waals surface area (Å²) < 4.78 is 10.4. The highest BCUT2D eigenvalue weighted by molar-refractivity contribution is 5.96. The van der Waals surface area contributed by atoms with E-state index in [1.165, 1.54) is 6.07 Å². The fourth-order valence-corrected chi connectivity index (χ4v) is 1.88. The molecule has 0 saturated heterocycles. The molecule has 0 aliphatic rings. The summed E-state index contributed by atoms with van der Waals surface area (Å²) in [6.07, 6.45) is 0.751. The zero-order valence-electron chi connectivity index (χ0n) is 12.7. The highest BCUT2D eigenvalue weighted by Gasteiger charge is 2.13. The van der Waals surface area contributed by atoms with Crippen molar-refractivity contribution in [1.82, 2.24) is 0 Å². The summed E-state index contributed by atoms with van der Waals surface area (Å²) in [6.45, 7) is 4.14. The summed E-state index contributed by atoms with van der Waals surface area (Å²) in [6, 6.07) is 13.6. The molecular weight excluding hydrogens is 280 g/mol. The lowest BCUT2D eigenvalue weighted by Gasteiger charge is -2.08. The molecule has 0 fully saturated rings. The molecule has 114 valence electrons. The van der Waals surface area contributed by atoms with Crippen molar-refractivity contribution in [1.29, 1.82) is 0 Å². The maximum absolute atomic E-state index is 12.2. The van der Waals surface area contributed by atoms with Gasteiger partial charge in [-0.2, -0.15) is 0 Å². The molecule has 4 nitrogen and oxygen atoms in total. The summed E-state index contributed by atoms with van der Waals surface area (Å²) in [5.74, 6) is -0.432. The second-order valence-electron chi connectivity index (χ2n) is 4.87. The molecule has 2 aromatic rings. The Bertz CT molecular complexity index is 676. The number of rotatable bonds is 5. The van der Waals surface area contributed by atoms with Crippen molar-refractivity contribution < 1.29 is 19.1 Å². The summed E-state index contributed by atoms with van der Waals surface area (Å²) >= 11 is 0. The standard InChI is InChI=1S/C18H18O4/c1-3-11-21-17(19)14-8-6-9-15(12-14)18(20)22-16-10-5-4-7-13(16)2/h4-10,12H,3,11H2,1-2H3. The van der Waals surface area contributed by atoms with Gasteiger partial charge in [0.15, 0.2) is 0 Å². The van der Waals surface area contributed by atoms with Crippen LogP contribution in [0, 0.1) is 6.92 Å². The van der Waals surface area contributed by atoms with Crippen molar-refractivity contribution in [3.63, 3.8) is 0 Å². The first-order valence-electron chi connectivity index (χ1n) is 7.17. The van der Waals surface area contributed by atoms with Crippen molar-refractivity contribution >= 4 is 11.9 Å². The Morgan fingerprint density at radius 3 is 2.32 bits per heavy atom. The average molecular weight is 298 g/mol. The van der Waals surface area contributed by atoms with Gasteiger partial charge in [0.25, 0.3) is 0 Å². The summed E-state index contributed by atoms with van der Waals surface area (Å²) in [5, 5.41) is 0. The monoisotopic (exact) mass is 298 g/mol. The molecule has 0 heterocycles. The SMILES string of the molecule is CCCOC(=O)c1cccc(C(=O)Oc2ccccc2C)c1. The van der Waals surface area contributed by atoms with E-state index in [2.05, 4.69) is 0 Å². The second kappa shape index (κ2) is 7.41. The molecule has 0 aliphatic heterocycles. The fourth-order valence-electron chi connectivity index (χ4n) is 1.88. The lowest BCUT2D eigenvalue weighted by molar-refractivity contribution is 0.0505. The predicted molar refractivity (Wildman–Crippen MR) is 83.2 cm³/mol. The molecule has 0 saturated carbocycles. The number of hydrogen-bond donors (Lipinski definition) is 0. The van der Waals surface area contributed by atoms with E-state index < -0.39 is 11.9 Å². The third kappa shape index (κ3) is 3.95. The normalized spacial score (nSPS) is 10.1. The highest BCUT2D eigenvalue weighted by atomic mass is 16.5. The van der Waals surface area contributed by atoms with E-state index in [0.29, 0.717) is 23.5 Å². The molecule has 0 N–H and O–H groups in total. The zero-order chi connectivity index (χ0) is 15.9. The molecule has 0 aliphatic carbocycles. The smallest absolute Gasteiger partial charge is 0.343 e. The van der Waals surface area contributed by atoms with Crippen molar-refractivity contribution in [3.05, 3.63) is 65.2 Å². The molecule has 0 radical (unpaired) electrons. The topological polar surface area (TPSA) is 52.6 Å². The zero-order valence-corrected chi connectivity index (χ0v) is 12.7. The number of carbonyl (C=O) groups is 2. The Balaban J connectivity index is 2.13. The van der Waals surface area contributed by atoms with E-state index in [1.54, 1.807) is 30.3 Å². The number of esters is 2. The van der Waals surface area contributed by atoms with Crippen LogP contribution in [0.25, 0.3) is 0 Å². The number of benzene rings is 2. The minimum atomic E-state index is -0.501. The molecular formula is C18H18O4. The van der Waals surface area contributed by atoms with Gasteiger partial charge in [0.1, 0.15) is 5.75 Å². The van der Waals surface area contributed by atoms with Gasteiger partial charge in [0.05, 0.1) is 17.7 Å². The summed E-state index contributed by atoms with van der Waals surface area (Å²) in [5.41, 5.74) is 1.52. The first kappa shape index (κ1) is 15.8. The molecule has 2 rings (SSSR count). The van der Waals surface area contributed by atoms with Gasteiger partial charge in [-0.05, 0) is 43.2 Å². The molecule has 0 unspecified atom stereocenters. The van der Waals surface area contributed by atoms with Crippen LogP contribution in [0.2, 0.25) is 0 Å². The van der Waals surface area contributed by atoms with Gasteiger partial charge in [0, 0.05) is 0 Å². The van der Waals surface area contributed by atoms with Gasteiger partial charge < -0.3 is 9.47 Å². The largest absolute Gasteiger partial charge is 0.462 e. The molecule has 0 aromatic heterocycles. The minimum Gasteiger partial charge on any atom is -0.462 e. The Morgan fingerprint density at radius 1 is 0.955 bits per heavy atom. The second-order valence-corrected chi connectivity index (χ2v) is 4.87. The maximum Gasteiger partial charge on any atom is 0.343 e. The van der Waals surface area contributed by atoms with Crippen LogP contribution in [-0.2, 0) is 4.74 Å². The van der Waals surface area contributed by atoms with Crippen molar-refractivity contribution in [2.45, 2.75) is 20.3 Å². The third-order valence-electron chi connectivity index (χ3n) is 3.07. The van der Waals surface area contributed by atoms with Crippen LogP contribution in [-0.4, -0.2) is 18.5 Å². The Labute approximate surface area is 129 Å². The van der Waals surface area contributed by atoms with Gasteiger partial charge in [-0.1, -0.05) is 31.2 Å². The lowest BCUT2D eigenvalue weighted by Crippen LogP contribution is -2.11. The van der Waals surface area contributed by atoms with E-state index in [-0.39, 0.29) is 0 Å². The van der Waals surface area contributed by atoms with E-state index in [4.69, 9.17) is 9.47 Å². The van der Waals surface area contributed by atoms with Crippen molar-refractivity contribution in [2.24, 2.45) is 0 Å². The molecule has 22 heavy (non-hydrogen) atoms. The first-order valence-corrected chi connectivity index (χ1v) is 7.17.